The van der Waals surface area contributed by atoms with Crippen molar-refractivity contribution in [3.8, 4) is 0 Å². The molecule has 0 bridgehead atoms. The van der Waals surface area contributed by atoms with Gasteiger partial charge in [-0.15, -0.1) is 0 Å². The Morgan fingerprint density at radius 2 is 1.73 bits per heavy atom. The van der Waals surface area contributed by atoms with Crippen LogP contribution in [0.5, 0.6) is 0 Å². The Labute approximate surface area is 92.9 Å². The molecule has 1 nitrogen and oxygen atoms in total. The van der Waals surface area contributed by atoms with Crippen molar-refractivity contribution in [2.45, 2.75) is 33.1 Å². The summed E-state index contributed by atoms with van der Waals surface area (Å²) in [6.07, 6.45) is 3.96. The van der Waals surface area contributed by atoms with Crippen LogP contribution < -0.4 is 5.32 Å². The molecule has 15 heavy (non-hydrogen) atoms. The minimum Gasteiger partial charge on any atom is -0.317 e. The second kappa shape index (κ2) is 4.80. The van der Waals surface area contributed by atoms with Crippen molar-refractivity contribution in [1.29, 1.82) is 0 Å². The van der Waals surface area contributed by atoms with E-state index in [0.29, 0.717) is 0 Å². The molecule has 0 amide bonds. The number of benzene rings is 1. The summed E-state index contributed by atoms with van der Waals surface area (Å²) in [5.41, 5.74) is 4.52. The lowest BCUT2D eigenvalue weighted by Gasteiger charge is -2.24. The highest BCUT2D eigenvalue weighted by Crippen LogP contribution is 2.22. The van der Waals surface area contributed by atoms with Gasteiger partial charge in [-0.05, 0) is 68.8 Å². The first-order valence-electron chi connectivity index (χ1n) is 6.03. The van der Waals surface area contributed by atoms with Gasteiger partial charge < -0.3 is 5.32 Å². The van der Waals surface area contributed by atoms with E-state index < -0.39 is 0 Å². The smallest absolute Gasteiger partial charge is 0.00462 e. The lowest BCUT2D eigenvalue weighted by atomic mass is 9.87. The van der Waals surface area contributed by atoms with Gasteiger partial charge in [0.1, 0.15) is 0 Å². The van der Waals surface area contributed by atoms with E-state index in [2.05, 4.69) is 37.4 Å². The largest absolute Gasteiger partial charge is 0.317 e. The molecule has 0 radical (unpaired) electrons. The zero-order valence-electron chi connectivity index (χ0n) is 9.84. The summed E-state index contributed by atoms with van der Waals surface area (Å²) in [5.74, 6) is 0.894. The van der Waals surface area contributed by atoms with Crippen molar-refractivity contribution >= 4 is 0 Å². The average Bonchev–Trinajstić information content (AvgIpc) is 2.25. The third-order valence-corrected chi connectivity index (χ3v) is 3.60. The van der Waals surface area contributed by atoms with Crippen LogP contribution in [0.1, 0.15) is 29.5 Å². The molecular weight excluding hydrogens is 182 g/mol. The van der Waals surface area contributed by atoms with Crippen LogP contribution in [0.2, 0.25) is 0 Å². The van der Waals surface area contributed by atoms with E-state index in [9.17, 15) is 0 Å². The van der Waals surface area contributed by atoms with Crippen LogP contribution >= 0.6 is 0 Å². The summed E-state index contributed by atoms with van der Waals surface area (Å²) in [6.45, 7) is 6.89. The lowest BCUT2D eigenvalue weighted by molar-refractivity contribution is 0.372. The minimum atomic E-state index is 0.894. The molecule has 0 spiro atoms. The monoisotopic (exact) mass is 203 g/mol. The van der Waals surface area contributed by atoms with E-state index in [1.54, 1.807) is 5.56 Å². The average molecular weight is 203 g/mol. The highest BCUT2D eigenvalue weighted by atomic mass is 14.9. The Morgan fingerprint density at radius 3 is 2.33 bits per heavy atom. The molecule has 0 saturated carbocycles. The van der Waals surface area contributed by atoms with Gasteiger partial charge in [-0.2, -0.15) is 0 Å². The molecule has 1 aromatic rings. The molecule has 1 N–H and O–H groups in total. The quantitative estimate of drug-likeness (QED) is 0.779. The van der Waals surface area contributed by atoms with Gasteiger partial charge in [-0.3, -0.25) is 0 Å². The van der Waals surface area contributed by atoms with Crippen LogP contribution in [0.25, 0.3) is 0 Å². The van der Waals surface area contributed by atoms with Crippen LogP contribution in [-0.4, -0.2) is 13.1 Å². The molecule has 0 aliphatic carbocycles. The van der Waals surface area contributed by atoms with E-state index in [0.717, 1.165) is 5.92 Å². The fraction of sp³-hybridized carbons (Fsp3) is 0.571. The first-order valence-corrected chi connectivity index (χ1v) is 6.03. The molecule has 1 fully saturated rings. The van der Waals surface area contributed by atoms with Crippen molar-refractivity contribution in [1.82, 2.24) is 5.32 Å². The second-order valence-corrected chi connectivity index (χ2v) is 4.77. The Bertz CT molecular complexity index is 304. The molecule has 0 atom stereocenters. The van der Waals surface area contributed by atoms with Gasteiger partial charge in [0, 0.05) is 0 Å². The maximum atomic E-state index is 3.43. The first kappa shape index (κ1) is 10.7. The Balaban J connectivity index is 2.09. The van der Waals surface area contributed by atoms with Crippen LogP contribution in [0, 0.1) is 19.8 Å². The molecule has 0 aromatic heterocycles. The van der Waals surface area contributed by atoms with Gasteiger partial charge in [0.05, 0.1) is 0 Å². The fourth-order valence-electron chi connectivity index (χ4n) is 2.55. The van der Waals surface area contributed by atoms with Crippen LogP contribution in [0.4, 0.5) is 0 Å². The Morgan fingerprint density at radius 1 is 1.13 bits per heavy atom. The Hall–Kier alpha value is -0.820. The van der Waals surface area contributed by atoms with Crippen LogP contribution in [0.15, 0.2) is 18.2 Å². The molecule has 2 rings (SSSR count). The van der Waals surface area contributed by atoms with Gasteiger partial charge in [0.15, 0.2) is 0 Å². The molecule has 82 valence electrons. The van der Waals surface area contributed by atoms with Crippen LogP contribution in [0.3, 0.4) is 0 Å². The summed E-state index contributed by atoms with van der Waals surface area (Å²) >= 11 is 0. The van der Waals surface area contributed by atoms with Crippen molar-refractivity contribution in [3.63, 3.8) is 0 Å². The predicted octanol–water partition coefficient (Wildman–Crippen LogP) is 2.85. The van der Waals surface area contributed by atoms with E-state index >= 15 is 0 Å². The topological polar surface area (TPSA) is 12.0 Å². The van der Waals surface area contributed by atoms with E-state index in [1.165, 1.54) is 43.5 Å². The normalized spacial score (nSPS) is 18.0. The SMILES string of the molecule is Cc1cccc(C)c1CC1CCNCC1. The zero-order chi connectivity index (χ0) is 10.7. The van der Waals surface area contributed by atoms with E-state index in [4.69, 9.17) is 0 Å². The third-order valence-electron chi connectivity index (χ3n) is 3.60. The lowest BCUT2D eigenvalue weighted by Crippen LogP contribution is -2.28. The first-order chi connectivity index (χ1) is 7.27. The second-order valence-electron chi connectivity index (χ2n) is 4.77. The van der Waals surface area contributed by atoms with Gasteiger partial charge >= 0.3 is 0 Å². The van der Waals surface area contributed by atoms with Crippen molar-refractivity contribution in [2.24, 2.45) is 5.92 Å². The molecule has 0 unspecified atom stereocenters. The summed E-state index contributed by atoms with van der Waals surface area (Å²) in [5, 5.41) is 3.43. The van der Waals surface area contributed by atoms with Gasteiger partial charge in [0.2, 0.25) is 0 Å². The standard InChI is InChI=1S/C14H21N/c1-11-4-3-5-12(2)14(11)10-13-6-8-15-9-7-13/h3-5,13,15H,6-10H2,1-2H3. The number of piperidine rings is 1. The molecule has 1 heteroatoms. The highest BCUT2D eigenvalue weighted by molar-refractivity contribution is 5.33. The van der Waals surface area contributed by atoms with Crippen molar-refractivity contribution < 1.29 is 0 Å². The summed E-state index contributed by atoms with van der Waals surface area (Å²) < 4.78 is 0. The predicted molar refractivity (Wildman–Crippen MR) is 65.2 cm³/mol. The van der Waals surface area contributed by atoms with E-state index in [-0.39, 0.29) is 0 Å². The van der Waals surface area contributed by atoms with E-state index in [1.807, 2.05) is 0 Å². The number of nitrogens with one attached hydrogen (secondary N) is 1. The highest BCUT2D eigenvalue weighted by Gasteiger charge is 2.15. The van der Waals surface area contributed by atoms with Gasteiger partial charge in [-0.25, -0.2) is 0 Å². The molecule has 1 saturated heterocycles. The van der Waals surface area contributed by atoms with Gasteiger partial charge in [0.25, 0.3) is 0 Å². The molecule has 1 aliphatic rings. The maximum absolute atomic E-state index is 3.43. The Kier molecular flexibility index (Phi) is 3.42. The summed E-state index contributed by atoms with van der Waals surface area (Å²) in [4.78, 5) is 0. The summed E-state index contributed by atoms with van der Waals surface area (Å²) in [6, 6.07) is 6.64. The number of hydrogen-bond donors (Lipinski definition) is 1. The third kappa shape index (κ3) is 2.60. The van der Waals surface area contributed by atoms with Crippen molar-refractivity contribution in [3.05, 3.63) is 34.9 Å². The maximum Gasteiger partial charge on any atom is -0.00462 e. The minimum absolute atomic E-state index is 0.894. The molecule has 1 aliphatic heterocycles. The molecule has 1 aromatic carbocycles. The van der Waals surface area contributed by atoms with Crippen molar-refractivity contribution in [2.75, 3.05) is 13.1 Å². The molecule has 1 heterocycles. The van der Waals surface area contributed by atoms with Gasteiger partial charge in [-0.1, -0.05) is 18.2 Å². The fourth-order valence-corrected chi connectivity index (χ4v) is 2.55. The number of aryl methyl sites for hydroxylation is 2. The summed E-state index contributed by atoms with van der Waals surface area (Å²) in [7, 11) is 0. The molecular formula is C14H21N. The number of rotatable bonds is 2. The number of hydrogen-bond acceptors (Lipinski definition) is 1. The zero-order valence-corrected chi connectivity index (χ0v) is 9.84. The van der Waals surface area contributed by atoms with Crippen LogP contribution in [-0.2, 0) is 6.42 Å².